The molecule has 0 bridgehead atoms. The van der Waals surface area contributed by atoms with Crippen LogP contribution in [-0.2, 0) is 19.9 Å². The number of hydrogen-bond acceptors (Lipinski definition) is 3. The maximum Gasteiger partial charge on any atom is 0.270 e. The Kier molecular flexibility index (Phi) is 4.88. The minimum absolute atomic E-state index is 0.0525. The normalized spacial score (nSPS) is 16.5. The number of methoxy groups -OCH3 is 1. The minimum Gasteiger partial charge on any atom is -0.497 e. The largest absolute Gasteiger partial charge is 0.497 e. The molecule has 1 amide bonds. The molecule has 1 aliphatic rings. The number of rotatable bonds is 5. The molecule has 5 heteroatoms. The highest BCUT2D eigenvalue weighted by atomic mass is 16.5. The second-order valence-corrected chi connectivity index (χ2v) is 6.38. The molecule has 1 heterocycles. The topological polar surface area (TPSA) is 56.1 Å². The molecule has 2 aromatic rings. The zero-order valence-electron chi connectivity index (χ0n) is 14.6. The molecular weight excluding hydrogens is 302 g/mol. The fourth-order valence-electron chi connectivity index (χ4n) is 3.42. The van der Waals surface area contributed by atoms with Gasteiger partial charge in [0.2, 0.25) is 0 Å². The number of aromatic nitrogens is 2. The summed E-state index contributed by atoms with van der Waals surface area (Å²) in [7, 11) is 3.51. The number of aryl methyl sites for hydroxylation is 3. The van der Waals surface area contributed by atoms with Crippen LogP contribution in [0.4, 0.5) is 0 Å². The Morgan fingerprint density at radius 1 is 1.42 bits per heavy atom. The second-order valence-electron chi connectivity index (χ2n) is 6.38. The standard InChI is InChI=1S/C19H25N3O2/c1-4-6-14-12-18(22(2)21-14)19(23)20-17-8-5-7-13-11-15(24-3)9-10-16(13)17/h9-12,17H,4-8H2,1-3H3,(H,20,23)/t17-/m1/s1. The molecule has 5 nitrogen and oxygen atoms in total. The average Bonchev–Trinajstić information content (AvgIpc) is 2.95. The van der Waals surface area contributed by atoms with Crippen LogP contribution in [0.5, 0.6) is 5.75 Å². The first kappa shape index (κ1) is 16.6. The molecule has 0 radical (unpaired) electrons. The Balaban J connectivity index is 1.78. The summed E-state index contributed by atoms with van der Waals surface area (Å²) in [6.07, 6.45) is 4.98. The van der Waals surface area contributed by atoms with Crippen molar-refractivity contribution in [3.8, 4) is 5.75 Å². The van der Waals surface area contributed by atoms with Gasteiger partial charge in [-0.15, -0.1) is 0 Å². The fraction of sp³-hybridized carbons (Fsp3) is 0.474. The van der Waals surface area contributed by atoms with Gasteiger partial charge in [-0.3, -0.25) is 9.48 Å². The highest BCUT2D eigenvalue weighted by Gasteiger charge is 2.24. The maximum absolute atomic E-state index is 12.7. The Labute approximate surface area is 143 Å². The molecule has 128 valence electrons. The number of carbonyl (C=O) groups is 1. The van der Waals surface area contributed by atoms with Crippen molar-refractivity contribution in [2.75, 3.05) is 7.11 Å². The maximum atomic E-state index is 12.7. The SMILES string of the molecule is CCCc1cc(C(=O)N[C@@H]2CCCc3cc(OC)ccc32)n(C)n1. The number of nitrogens with one attached hydrogen (secondary N) is 1. The van der Waals surface area contributed by atoms with E-state index in [1.165, 1.54) is 11.1 Å². The van der Waals surface area contributed by atoms with Crippen LogP contribution in [0.1, 0.15) is 59.5 Å². The smallest absolute Gasteiger partial charge is 0.270 e. The van der Waals surface area contributed by atoms with Gasteiger partial charge in [0.05, 0.1) is 18.8 Å². The van der Waals surface area contributed by atoms with E-state index in [-0.39, 0.29) is 11.9 Å². The Hall–Kier alpha value is -2.30. The molecule has 0 aliphatic heterocycles. The van der Waals surface area contributed by atoms with E-state index in [9.17, 15) is 4.79 Å². The summed E-state index contributed by atoms with van der Waals surface area (Å²) in [5, 5.41) is 7.61. The van der Waals surface area contributed by atoms with Gasteiger partial charge in [0.25, 0.3) is 5.91 Å². The van der Waals surface area contributed by atoms with E-state index in [4.69, 9.17) is 4.74 Å². The van der Waals surface area contributed by atoms with E-state index in [1.807, 2.05) is 19.2 Å². The van der Waals surface area contributed by atoms with Gasteiger partial charge in [-0.05, 0) is 55.0 Å². The average molecular weight is 327 g/mol. The summed E-state index contributed by atoms with van der Waals surface area (Å²) < 4.78 is 6.99. The van der Waals surface area contributed by atoms with Crippen LogP contribution in [-0.4, -0.2) is 22.8 Å². The first-order valence-electron chi connectivity index (χ1n) is 8.63. The number of amides is 1. The van der Waals surface area contributed by atoms with Crippen molar-refractivity contribution in [1.29, 1.82) is 0 Å². The van der Waals surface area contributed by atoms with E-state index in [0.717, 1.165) is 43.5 Å². The molecule has 0 spiro atoms. The zero-order chi connectivity index (χ0) is 17.1. The third-order valence-corrected chi connectivity index (χ3v) is 4.64. The number of carbonyl (C=O) groups excluding carboxylic acids is 1. The molecular formula is C19H25N3O2. The van der Waals surface area contributed by atoms with Crippen LogP contribution in [0, 0.1) is 0 Å². The van der Waals surface area contributed by atoms with Gasteiger partial charge in [-0.25, -0.2) is 0 Å². The quantitative estimate of drug-likeness (QED) is 0.917. The number of nitrogens with zero attached hydrogens (tertiary/aromatic N) is 2. The summed E-state index contributed by atoms with van der Waals surface area (Å²) in [5.74, 6) is 0.817. The first-order chi connectivity index (χ1) is 11.6. The molecule has 0 fully saturated rings. The molecule has 0 unspecified atom stereocenters. The van der Waals surface area contributed by atoms with Gasteiger partial charge in [0.15, 0.2) is 0 Å². The monoisotopic (exact) mass is 327 g/mol. The van der Waals surface area contributed by atoms with Crippen molar-refractivity contribution >= 4 is 5.91 Å². The molecule has 1 aromatic carbocycles. The minimum atomic E-state index is -0.0546. The molecule has 3 rings (SSSR count). The van der Waals surface area contributed by atoms with Crippen LogP contribution in [0.15, 0.2) is 24.3 Å². The van der Waals surface area contributed by atoms with Crippen molar-refractivity contribution in [3.63, 3.8) is 0 Å². The van der Waals surface area contributed by atoms with E-state index < -0.39 is 0 Å². The summed E-state index contributed by atoms with van der Waals surface area (Å²) in [6, 6.07) is 8.07. The lowest BCUT2D eigenvalue weighted by Gasteiger charge is -2.26. The molecule has 1 aromatic heterocycles. The van der Waals surface area contributed by atoms with Crippen molar-refractivity contribution < 1.29 is 9.53 Å². The van der Waals surface area contributed by atoms with Gasteiger partial charge in [-0.2, -0.15) is 5.10 Å². The lowest BCUT2D eigenvalue weighted by molar-refractivity contribution is 0.0923. The van der Waals surface area contributed by atoms with Gasteiger partial charge < -0.3 is 10.1 Å². The lowest BCUT2D eigenvalue weighted by atomic mass is 9.87. The molecule has 1 aliphatic carbocycles. The van der Waals surface area contributed by atoms with Gasteiger partial charge in [0, 0.05) is 7.05 Å². The molecule has 0 saturated carbocycles. The van der Waals surface area contributed by atoms with Crippen LogP contribution in [0.25, 0.3) is 0 Å². The predicted octanol–water partition coefficient (Wildman–Crippen LogP) is 3.19. The van der Waals surface area contributed by atoms with Gasteiger partial charge >= 0.3 is 0 Å². The van der Waals surface area contributed by atoms with Crippen LogP contribution >= 0.6 is 0 Å². The summed E-state index contributed by atoms with van der Waals surface area (Å²) in [6.45, 7) is 2.11. The second kappa shape index (κ2) is 7.07. The Morgan fingerprint density at radius 3 is 3.00 bits per heavy atom. The third kappa shape index (κ3) is 3.30. The van der Waals surface area contributed by atoms with Crippen molar-refractivity contribution in [2.24, 2.45) is 7.05 Å². The summed E-state index contributed by atoms with van der Waals surface area (Å²) in [4.78, 5) is 12.7. The molecule has 1 atom stereocenters. The van der Waals surface area contributed by atoms with E-state index in [1.54, 1.807) is 11.8 Å². The van der Waals surface area contributed by atoms with Crippen molar-refractivity contribution in [1.82, 2.24) is 15.1 Å². The summed E-state index contributed by atoms with van der Waals surface area (Å²) >= 11 is 0. The molecule has 24 heavy (non-hydrogen) atoms. The van der Waals surface area contributed by atoms with Crippen LogP contribution < -0.4 is 10.1 Å². The lowest BCUT2D eigenvalue weighted by Crippen LogP contribution is -2.32. The zero-order valence-corrected chi connectivity index (χ0v) is 14.6. The van der Waals surface area contributed by atoms with Crippen molar-refractivity contribution in [2.45, 2.75) is 45.1 Å². The highest BCUT2D eigenvalue weighted by molar-refractivity contribution is 5.93. The third-order valence-electron chi connectivity index (χ3n) is 4.64. The van der Waals surface area contributed by atoms with Crippen LogP contribution in [0.2, 0.25) is 0 Å². The van der Waals surface area contributed by atoms with Crippen molar-refractivity contribution in [3.05, 3.63) is 46.8 Å². The Morgan fingerprint density at radius 2 is 2.25 bits per heavy atom. The molecule has 1 N–H and O–H groups in total. The number of benzene rings is 1. The van der Waals surface area contributed by atoms with E-state index in [0.29, 0.717) is 5.69 Å². The first-order valence-corrected chi connectivity index (χ1v) is 8.63. The predicted molar refractivity (Wildman–Crippen MR) is 93.3 cm³/mol. The number of ether oxygens (including phenoxy) is 1. The molecule has 0 saturated heterocycles. The van der Waals surface area contributed by atoms with Gasteiger partial charge in [-0.1, -0.05) is 19.4 Å². The van der Waals surface area contributed by atoms with E-state index in [2.05, 4.69) is 29.5 Å². The number of hydrogen-bond donors (Lipinski definition) is 1. The fourth-order valence-corrected chi connectivity index (χ4v) is 3.42. The highest BCUT2D eigenvalue weighted by Crippen LogP contribution is 2.32. The van der Waals surface area contributed by atoms with Crippen LogP contribution in [0.3, 0.4) is 0 Å². The number of fused-ring (bicyclic) bond motifs is 1. The van der Waals surface area contributed by atoms with Gasteiger partial charge in [0.1, 0.15) is 11.4 Å². The Bertz CT molecular complexity index is 736. The summed E-state index contributed by atoms with van der Waals surface area (Å²) in [5.41, 5.74) is 4.06. The van der Waals surface area contributed by atoms with E-state index >= 15 is 0 Å².